The molecule has 0 aliphatic rings. The van der Waals surface area contributed by atoms with Gasteiger partial charge in [-0.1, -0.05) is 6.07 Å². The Morgan fingerprint density at radius 3 is 2.63 bits per heavy atom. The fourth-order valence-electron chi connectivity index (χ4n) is 1.92. The van der Waals surface area contributed by atoms with Gasteiger partial charge in [-0.2, -0.15) is 0 Å². The van der Waals surface area contributed by atoms with Gasteiger partial charge in [0.05, 0.1) is 5.75 Å². The average Bonchev–Trinajstić information content (AvgIpc) is 2.64. The maximum atomic E-state index is 13.0. The van der Waals surface area contributed by atoms with Crippen LogP contribution in [0.4, 0.5) is 4.39 Å². The molecule has 0 N–H and O–H groups in total. The summed E-state index contributed by atoms with van der Waals surface area (Å²) >= 11 is 1.36. The normalized spacial score (nSPS) is 10.7. The van der Waals surface area contributed by atoms with Crippen molar-refractivity contribution in [1.29, 1.82) is 0 Å². The van der Waals surface area contributed by atoms with Gasteiger partial charge in [0.15, 0.2) is 5.78 Å². The first-order valence-corrected chi connectivity index (χ1v) is 7.02. The lowest BCUT2D eigenvalue weighted by atomic mass is 10.2. The summed E-state index contributed by atoms with van der Waals surface area (Å²) in [5, 5.41) is 0. The molecule has 0 bridgehead atoms. The van der Waals surface area contributed by atoms with Gasteiger partial charge in [-0.25, -0.2) is 4.39 Å². The number of aryl methyl sites for hydroxylation is 1. The summed E-state index contributed by atoms with van der Waals surface area (Å²) in [4.78, 5) is 12.9. The van der Waals surface area contributed by atoms with Crippen LogP contribution < -0.4 is 0 Å². The van der Waals surface area contributed by atoms with E-state index in [1.807, 2.05) is 37.6 Å². The molecule has 1 aromatic carbocycles. The fraction of sp³-hybridized carbons (Fsp3) is 0.267. The molecule has 0 saturated heterocycles. The summed E-state index contributed by atoms with van der Waals surface area (Å²) in [6.07, 6.45) is 0. The summed E-state index contributed by atoms with van der Waals surface area (Å²) in [5.41, 5.74) is 2.79. The van der Waals surface area contributed by atoms with E-state index in [0.29, 0.717) is 5.75 Å². The van der Waals surface area contributed by atoms with Gasteiger partial charge in [0, 0.05) is 28.9 Å². The highest BCUT2D eigenvalue weighted by atomic mass is 32.2. The third kappa shape index (κ3) is 3.07. The Morgan fingerprint density at radius 1 is 1.32 bits per heavy atom. The van der Waals surface area contributed by atoms with Crippen LogP contribution in [-0.4, -0.2) is 16.1 Å². The van der Waals surface area contributed by atoms with Gasteiger partial charge in [-0.15, -0.1) is 11.8 Å². The average molecular weight is 277 g/mol. The molecular weight excluding hydrogens is 261 g/mol. The Bertz CT molecular complexity index is 619. The molecule has 0 amide bonds. The molecule has 0 spiro atoms. The smallest absolute Gasteiger partial charge is 0.174 e. The number of nitrogens with zero attached hydrogens (tertiary/aromatic N) is 1. The first-order chi connectivity index (χ1) is 8.99. The van der Waals surface area contributed by atoms with Crippen LogP contribution in [-0.2, 0) is 7.05 Å². The van der Waals surface area contributed by atoms with Crippen molar-refractivity contribution in [3.05, 3.63) is 53.1 Å². The van der Waals surface area contributed by atoms with Crippen LogP contribution in [0.3, 0.4) is 0 Å². The second-order valence-electron chi connectivity index (χ2n) is 4.51. The van der Waals surface area contributed by atoms with Gasteiger partial charge in [0.25, 0.3) is 0 Å². The lowest BCUT2D eigenvalue weighted by Crippen LogP contribution is -2.04. The van der Waals surface area contributed by atoms with E-state index in [-0.39, 0.29) is 11.6 Å². The second kappa shape index (κ2) is 5.61. The number of carbonyl (C=O) groups excluding carboxylic acids is 1. The lowest BCUT2D eigenvalue weighted by molar-refractivity contribution is 0.102. The first kappa shape index (κ1) is 13.9. The van der Waals surface area contributed by atoms with Crippen LogP contribution in [0.2, 0.25) is 0 Å². The molecule has 0 aliphatic carbocycles. The standard InChI is InChI=1S/C15H16FNOS/c1-10-7-14(11(2)17(10)3)15(18)9-19-13-6-4-5-12(16)8-13/h4-8H,9H2,1-3H3. The van der Waals surface area contributed by atoms with Gasteiger partial charge in [0.2, 0.25) is 0 Å². The number of halogens is 1. The molecule has 2 nitrogen and oxygen atoms in total. The Hall–Kier alpha value is -1.55. The number of hydrogen-bond acceptors (Lipinski definition) is 2. The molecule has 2 rings (SSSR count). The summed E-state index contributed by atoms with van der Waals surface area (Å²) in [5.74, 6) is 0.132. The molecule has 2 aromatic rings. The topological polar surface area (TPSA) is 22.0 Å². The number of hydrogen-bond donors (Lipinski definition) is 0. The minimum atomic E-state index is -0.274. The van der Waals surface area contributed by atoms with E-state index in [1.54, 1.807) is 6.07 Å². The predicted molar refractivity (Wildman–Crippen MR) is 76.3 cm³/mol. The van der Waals surface area contributed by atoms with Crippen molar-refractivity contribution < 1.29 is 9.18 Å². The van der Waals surface area contributed by atoms with Crippen molar-refractivity contribution in [3.63, 3.8) is 0 Å². The fourth-order valence-corrected chi connectivity index (χ4v) is 2.75. The zero-order valence-electron chi connectivity index (χ0n) is 11.2. The molecular formula is C15H16FNOS. The van der Waals surface area contributed by atoms with Gasteiger partial charge >= 0.3 is 0 Å². The number of ketones is 1. The second-order valence-corrected chi connectivity index (χ2v) is 5.56. The molecule has 0 radical (unpaired) electrons. The molecule has 100 valence electrons. The van der Waals surface area contributed by atoms with E-state index in [4.69, 9.17) is 0 Å². The maximum absolute atomic E-state index is 13.0. The molecule has 0 unspecified atom stereocenters. The van der Waals surface area contributed by atoms with Crippen molar-refractivity contribution in [2.75, 3.05) is 5.75 Å². The molecule has 19 heavy (non-hydrogen) atoms. The van der Waals surface area contributed by atoms with Crippen molar-refractivity contribution in [2.45, 2.75) is 18.7 Å². The van der Waals surface area contributed by atoms with Crippen LogP contribution >= 0.6 is 11.8 Å². The zero-order chi connectivity index (χ0) is 14.0. The van der Waals surface area contributed by atoms with E-state index >= 15 is 0 Å². The quantitative estimate of drug-likeness (QED) is 0.627. The molecule has 1 aromatic heterocycles. The maximum Gasteiger partial charge on any atom is 0.174 e. The SMILES string of the molecule is Cc1cc(C(=O)CSc2cccc(F)c2)c(C)n1C. The number of thioether (sulfide) groups is 1. The Balaban J connectivity index is 2.07. The highest BCUT2D eigenvalue weighted by Gasteiger charge is 2.14. The Labute approximate surface area is 116 Å². The Morgan fingerprint density at radius 2 is 2.05 bits per heavy atom. The molecule has 4 heteroatoms. The summed E-state index contributed by atoms with van der Waals surface area (Å²) in [7, 11) is 1.95. The molecule has 0 fully saturated rings. The van der Waals surface area contributed by atoms with Gasteiger partial charge in [0.1, 0.15) is 5.82 Å². The van der Waals surface area contributed by atoms with Crippen molar-refractivity contribution in [3.8, 4) is 0 Å². The molecule has 0 aliphatic heterocycles. The number of Topliss-reactive ketones (excluding diaryl/α,β-unsaturated/α-hetero) is 1. The molecule has 0 saturated carbocycles. The van der Waals surface area contributed by atoms with E-state index < -0.39 is 0 Å². The number of aromatic nitrogens is 1. The van der Waals surface area contributed by atoms with Crippen molar-refractivity contribution in [1.82, 2.24) is 4.57 Å². The van der Waals surface area contributed by atoms with E-state index in [9.17, 15) is 9.18 Å². The third-order valence-electron chi connectivity index (χ3n) is 3.24. The third-order valence-corrected chi connectivity index (χ3v) is 4.24. The van der Waals surface area contributed by atoms with E-state index in [1.165, 1.54) is 23.9 Å². The first-order valence-electron chi connectivity index (χ1n) is 6.03. The van der Waals surface area contributed by atoms with Crippen LogP contribution in [0, 0.1) is 19.7 Å². The highest BCUT2D eigenvalue weighted by Crippen LogP contribution is 2.22. The van der Waals surface area contributed by atoms with Gasteiger partial charge in [-0.3, -0.25) is 4.79 Å². The Kier molecular flexibility index (Phi) is 4.10. The van der Waals surface area contributed by atoms with E-state index in [0.717, 1.165) is 21.8 Å². The van der Waals surface area contributed by atoms with Crippen LogP contribution in [0.25, 0.3) is 0 Å². The summed E-state index contributed by atoms with van der Waals surface area (Å²) in [6, 6.07) is 8.21. The minimum absolute atomic E-state index is 0.0791. The van der Waals surface area contributed by atoms with Crippen molar-refractivity contribution in [2.24, 2.45) is 7.05 Å². The lowest BCUT2D eigenvalue weighted by Gasteiger charge is -2.03. The van der Waals surface area contributed by atoms with Crippen LogP contribution in [0.15, 0.2) is 35.2 Å². The zero-order valence-corrected chi connectivity index (χ0v) is 12.1. The van der Waals surface area contributed by atoms with Gasteiger partial charge < -0.3 is 4.57 Å². The summed E-state index contributed by atoms with van der Waals surface area (Å²) in [6.45, 7) is 3.91. The monoisotopic (exact) mass is 277 g/mol. The number of benzene rings is 1. The molecule has 0 atom stereocenters. The number of rotatable bonds is 4. The van der Waals surface area contributed by atoms with Crippen LogP contribution in [0.1, 0.15) is 21.7 Å². The predicted octanol–water partition coefficient (Wildman–Crippen LogP) is 3.76. The van der Waals surface area contributed by atoms with Crippen molar-refractivity contribution >= 4 is 17.5 Å². The largest absolute Gasteiger partial charge is 0.351 e. The number of carbonyl (C=O) groups is 1. The van der Waals surface area contributed by atoms with E-state index in [2.05, 4.69) is 0 Å². The van der Waals surface area contributed by atoms with Crippen LogP contribution in [0.5, 0.6) is 0 Å². The summed E-state index contributed by atoms with van der Waals surface area (Å²) < 4.78 is 15.0. The molecule has 1 heterocycles. The van der Waals surface area contributed by atoms with Gasteiger partial charge in [-0.05, 0) is 38.1 Å². The highest BCUT2D eigenvalue weighted by molar-refractivity contribution is 8.00. The minimum Gasteiger partial charge on any atom is -0.351 e.